The van der Waals surface area contributed by atoms with Crippen molar-refractivity contribution in [1.82, 2.24) is 15.6 Å². The number of esters is 1. The number of hydrogen-bond acceptors (Lipinski definition) is 9. The number of carbonyl (C=O) groups is 2. The number of methoxy groups -OCH3 is 1. The van der Waals surface area contributed by atoms with Gasteiger partial charge in [0, 0.05) is 41.8 Å². The van der Waals surface area contributed by atoms with Crippen molar-refractivity contribution in [3.63, 3.8) is 0 Å². The van der Waals surface area contributed by atoms with Gasteiger partial charge in [0.05, 0.1) is 25.9 Å². The quantitative estimate of drug-likeness (QED) is 0.0682. The molecular formula is C51H47N3O7S. The van der Waals surface area contributed by atoms with Gasteiger partial charge in [-0.15, -0.1) is 0 Å². The van der Waals surface area contributed by atoms with E-state index in [2.05, 4.69) is 10.6 Å². The van der Waals surface area contributed by atoms with Crippen molar-refractivity contribution in [3.8, 4) is 33.7 Å². The van der Waals surface area contributed by atoms with Crippen molar-refractivity contribution in [2.24, 2.45) is 0 Å². The maximum Gasteiger partial charge on any atom is 0.328 e. The lowest BCUT2D eigenvalue weighted by Crippen LogP contribution is -2.47. The van der Waals surface area contributed by atoms with E-state index in [1.165, 1.54) is 18.9 Å². The van der Waals surface area contributed by atoms with E-state index < -0.39 is 24.3 Å². The number of benzene rings is 6. The molecule has 0 spiro atoms. The number of aliphatic hydroxyl groups excluding tert-OH is 1. The van der Waals surface area contributed by atoms with E-state index in [4.69, 9.17) is 23.6 Å². The van der Waals surface area contributed by atoms with Gasteiger partial charge in [0.2, 0.25) is 0 Å². The average Bonchev–Trinajstić information content (AvgIpc) is 3.78. The first-order chi connectivity index (χ1) is 30.4. The van der Waals surface area contributed by atoms with Crippen LogP contribution in [0.1, 0.15) is 46.6 Å². The van der Waals surface area contributed by atoms with E-state index >= 15 is 0 Å². The van der Waals surface area contributed by atoms with Crippen LogP contribution in [-0.2, 0) is 38.6 Å². The van der Waals surface area contributed by atoms with Crippen LogP contribution in [0.2, 0.25) is 0 Å². The molecule has 1 aromatic heterocycles. The van der Waals surface area contributed by atoms with E-state index in [0.717, 1.165) is 61.5 Å². The smallest absolute Gasteiger partial charge is 0.328 e. The number of hydrogen-bond donors (Lipinski definition) is 3. The summed E-state index contributed by atoms with van der Waals surface area (Å²) in [4.78, 5) is 30.6. The molecule has 0 radical (unpaired) electrons. The molecule has 1 saturated heterocycles. The molecular weight excluding hydrogens is 799 g/mol. The fourth-order valence-electron chi connectivity index (χ4n) is 7.47. The Bertz CT molecular complexity index is 2480. The first-order valence-corrected chi connectivity index (χ1v) is 21.5. The summed E-state index contributed by atoms with van der Waals surface area (Å²) in [5.41, 5.74) is 9.12. The molecule has 7 aromatic rings. The van der Waals surface area contributed by atoms with E-state index in [9.17, 15) is 14.7 Å². The summed E-state index contributed by atoms with van der Waals surface area (Å²) >= 11 is 1.52. The average molecular weight is 846 g/mol. The summed E-state index contributed by atoms with van der Waals surface area (Å²) in [6, 6.07) is 52.0. The second-order valence-electron chi connectivity index (χ2n) is 14.9. The SMILES string of the molecule is COC(=O)[C@H](Cc1ccccc1)NC(=O)NCc1ccccc1-c1ccc([C@H]2O[C@@H](CSc3nc(-c4ccccc4)c(-c4ccccc4)o3)C[C@@H](c3ccc(CO)cc3)O2)cc1. The van der Waals surface area contributed by atoms with Crippen molar-refractivity contribution < 1.29 is 33.3 Å². The third kappa shape index (κ3) is 10.5. The topological polar surface area (TPSA) is 132 Å². The number of aliphatic hydroxyl groups is 1. The first-order valence-electron chi connectivity index (χ1n) is 20.5. The first kappa shape index (κ1) is 42.2. The van der Waals surface area contributed by atoms with Crippen LogP contribution >= 0.6 is 11.8 Å². The van der Waals surface area contributed by atoms with Gasteiger partial charge in [0.15, 0.2) is 12.1 Å². The summed E-state index contributed by atoms with van der Waals surface area (Å²) in [5.74, 6) is 0.779. The Kier molecular flexibility index (Phi) is 13.9. The number of carbonyl (C=O) groups excluding carboxylic acids is 2. The summed E-state index contributed by atoms with van der Waals surface area (Å²) < 4.78 is 24.8. The van der Waals surface area contributed by atoms with Gasteiger partial charge in [-0.2, -0.15) is 0 Å². The van der Waals surface area contributed by atoms with Gasteiger partial charge < -0.3 is 34.4 Å². The Morgan fingerprint density at radius 3 is 2.08 bits per heavy atom. The highest BCUT2D eigenvalue weighted by Gasteiger charge is 2.33. The molecule has 314 valence electrons. The van der Waals surface area contributed by atoms with Crippen molar-refractivity contribution in [1.29, 1.82) is 0 Å². The summed E-state index contributed by atoms with van der Waals surface area (Å²) in [6.07, 6.45) is -0.216. The van der Waals surface area contributed by atoms with Gasteiger partial charge in [-0.05, 0) is 33.4 Å². The van der Waals surface area contributed by atoms with Gasteiger partial charge >= 0.3 is 12.0 Å². The minimum atomic E-state index is -0.839. The van der Waals surface area contributed by atoms with E-state index in [-0.39, 0.29) is 25.4 Å². The zero-order valence-corrected chi connectivity index (χ0v) is 35.0. The lowest BCUT2D eigenvalue weighted by atomic mass is 9.98. The van der Waals surface area contributed by atoms with Crippen LogP contribution in [-0.4, -0.2) is 47.1 Å². The van der Waals surface area contributed by atoms with E-state index in [0.29, 0.717) is 23.8 Å². The molecule has 0 saturated carbocycles. The Hall–Kier alpha value is -6.50. The Balaban J connectivity index is 0.974. The largest absolute Gasteiger partial charge is 0.467 e. The molecule has 6 aromatic carbocycles. The highest BCUT2D eigenvalue weighted by atomic mass is 32.2. The van der Waals surface area contributed by atoms with Crippen LogP contribution in [0.3, 0.4) is 0 Å². The van der Waals surface area contributed by atoms with Gasteiger partial charge in [-0.25, -0.2) is 14.6 Å². The molecule has 1 aliphatic rings. The summed E-state index contributed by atoms with van der Waals surface area (Å²) in [5, 5.41) is 15.9. The monoisotopic (exact) mass is 845 g/mol. The third-order valence-corrected chi connectivity index (χ3v) is 11.7. The van der Waals surface area contributed by atoms with Crippen LogP contribution in [0.15, 0.2) is 173 Å². The Morgan fingerprint density at radius 2 is 1.39 bits per heavy atom. The molecule has 3 N–H and O–H groups in total. The number of nitrogens with one attached hydrogen (secondary N) is 2. The number of ether oxygens (including phenoxy) is 3. The summed E-state index contributed by atoms with van der Waals surface area (Å²) in [7, 11) is 1.31. The second-order valence-corrected chi connectivity index (χ2v) is 15.9. The van der Waals surface area contributed by atoms with Crippen molar-refractivity contribution in [2.45, 2.75) is 55.8 Å². The molecule has 0 bridgehead atoms. The third-order valence-electron chi connectivity index (χ3n) is 10.7. The summed E-state index contributed by atoms with van der Waals surface area (Å²) in [6.45, 7) is 0.199. The zero-order valence-electron chi connectivity index (χ0n) is 34.2. The maximum absolute atomic E-state index is 13.1. The molecule has 0 aliphatic carbocycles. The van der Waals surface area contributed by atoms with Crippen LogP contribution in [0.5, 0.6) is 0 Å². The lowest BCUT2D eigenvalue weighted by Gasteiger charge is -2.36. The normalized spacial score (nSPS) is 16.6. The predicted molar refractivity (Wildman–Crippen MR) is 240 cm³/mol. The molecule has 2 heterocycles. The van der Waals surface area contributed by atoms with Crippen LogP contribution in [0.4, 0.5) is 4.79 Å². The fraction of sp³-hybridized carbons (Fsp3) is 0.196. The number of amides is 2. The van der Waals surface area contributed by atoms with Crippen LogP contribution in [0, 0.1) is 0 Å². The lowest BCUT2D eigenvalue weighted by molar-refractivity contribution is -0.245. The number of nitrogens with zero attached hydrogens (tertiary/aromatic N) is 1. The maximum atomic E-state index is 13.1. The highest BCUT2D eigenvalue weighted by Crippen LogP contribution is 2.41. The van der Waals surface area contributed by atoms with Gasteiger partial charge in [-0.3, -0.25) is 0 Å². The molecule has 11 heteroatoms. The Morgan fingerprint density at radius 1 is 0.742 bits per heavy atom. The number of aromatic nitrogens is 1. The minimum Gasteiger partial charge on any atom is -0.467 e. The molecule has 0 unspecified atom stereocenters. The molecule has 10 nitrogen and oxygen atoms in total. The molecule has 8 rings (SSSR count). The number of thioether (sulfide) groups is 1. The molecule has 1 aliphatic heterocycles. The number of rotatable bonds is 15. The Labute approximate surface area is 365 Å². The van der Waals surface area contributed by atoms with Gasteiger partial charge in [0.25, 0.3) is 5.22 Å². The standard InChI is InChI=1S/C51H47N3O7S/c1-58-48(56)44(29-34-13-5-2-6-14-34)53-50(57)52-31-41-19-11-12-20-43(41)36-25-27-40(28-26-36)49-59-42(30-45(60-49)37-23-21-35(32-55)22-24-37)33-62-51-54-46(38-15-7-3-8-16-38)47(61-51)39-17-9-4-10-18-39/h2-28,42,44-45,49,55H,29-33H2,1H3,(H2,52,53,57)/t42-,44+,45+,49+/m1/s1. The predicted octanol–water partition coefficient (Wildman–Crippen LogP) is 10.1. The van der Waals surface area contributed by atoms with Crippen molar-refractivity contribution in [3.05, 3.63) is 192 Å². The zero-order chi connectivity index (χ0) is 42.7. The van der Waals surface area contributed by atoms with Crippen molar-refractivity contribution >= 4 is 23.8 Å². The van der Waals surface area contributed by atoms with E-state index in [1.54, 1.807) is 0 Å². The number of oxazole rings is 1. The fourth-order valence-corrected chi connectivity index (χ4v) is 8.31. The highest BCUT2D eigenvalue weighted by molar-refractivity contribution is 7.99. The molecule has 2 amide bonds. The molecule has 1 fully saturated rings. The van der Waals surface area contributed by atoms with E-state index in [1.807, 2.05) is 164 Å². The van der Waals surface area contributed by atoms with Crippen LogP contribution < -0.4 is 10.6 Å². The van der Waals surface area contributed by atoms with Crippen molar-refractivity contribution in [2.75, 3.05) is 12.9 Å². The van der Waals surface area contributed by atoms with Gasteiger partial charge in [0.1, 0.15) is 11.7 Å². The minimum absolute atomic E-state index is 0.0355. The van der Waals surface area contributed by atoms with Gasteiger partial charge in [-0.1, -0.05) is 176 Å². The van der Waals surface area contributed by atoms with Crippen LogP contribution in [0.25, 0.3) is 33.7 Å². The molecule has 4 atom stereocenters. The molecule has 62 heavy (non-hydrogen) atoms. The second kappa shape index (κ2) is 20.4. The number of urea groups is 1.